The minimum Gasteiger partial charge on any atom is -0.481 e. The zero-order valence-corrected chi connectivity index (χ0v) is 57.3. The Bertz CT molecular complexity index is 3040. The number of carboxylic acid groups (broad SMARTS) is 9. The number of rotatable bonds is 61. The summed E-state index contributed by atoms with van der Waals surface area (Å²) in [6.07, 6.45) is -19.0. The lowest BCUT2D eigenvalue weighted by atomic mass is 9.85. The van der Waals surface area contributed by atoms with Crippen molar-refractivity contribution in [1.82, 2.24) is 26.2 Å². The van der Waals surface area contributed by atoms with Gasteiger partial charge >= 0.3 is 53.7 Å². The molecule has 0 spiro atoms. The van der Waals surface area contributed by atoms with E-state index in [-0.39, 0.29) is 19.4 Å². The number of methoxy groups -OCH3 is 1. The molecule has 1 fully saturated rings. The number of nitrogens with one attached hydrogen (secondary N) is 4. The number of amides is 6. The van der Waals surface area contributed by atoms with Crippen LogP contribution in [0.15, 0.2) is 0 Å². The Kier molecular flexibility index (Phi) is 43.0. The third-order valence-corrected chi connectivity index (χ3v) is 17.5. The topological polar surface area (TPSA) is 610 Å². The molecule has 0 aromatic rings. The molecule has 1 aliphatic rings. The molecule has 1 unspecified atom stereocenters. The highest BCUT2D eigenvalue weighted by atomic mass is 32.2. The van der Waals surface area contributed by atoms with Crippen LogP contribution in [0.2, 0.25) is 0 Å². The molecule has 0 aromatic heterocycles. The Balaban J connectivity index is 3.67. The molecule has 13 N–H and O–H groups in total. The van der Waals surface area contributed by atoms with Crippen LogP contribution in [-0.4, -0.2) is 243 Å². The number of nitrogens with zero attached hydrogens (tertiary/aromatic N) is 1. The molecule has 37 nitrogen and oxygen atoms in total. The highest BCUT2D eigenvalue weighted by Crippen LogP contribution is 2.28. The Hall–Kier alpha value is -9.46. The van der Waals surface area contributed by atoms with Gasteiger partial charge in [0.2, 0.25) is 35.4 Å². The summed E-state index contributed by atoms with van der Waals surface area (Å²) in [7, 11) is 1.48. The molecule has 38 heteroatoms. The molecule has 6 amide bonds. The second-order valence-electron chi connectivity index (χ2n) is 24.2. The molecule has 570 valence electrons. The van der Waals surface area contributed by atoms with Crippen molar-refractivity contribution in [2.24, 2.45) is 29.6 Å². The van der Waals surface area contributed by atoms with Crippen molar-refractivity contribution in [3.63, 3.8) is 0 Å². The fraction of sp³-hybridized carbons (Fsp3) is 0.672. The normalized spacial score (nSPS) is 15.3. The van der Waals surface area contributed by atoms with Gasteiger partial charge in [0.05, 0.1) is 49.2 Å². The molecule has 1 heterocycles. The summed E-state index contributed by atoms with van der Waals surface area (Å²) >= 11 is 1.16. The third-order valence-electron chi connectivity index (χ3n) is 16.3. The van der Waals surface area contributed by atoms with Gasteiger partial charge in [-0.05, 0) is 57.8 Å². The van der Waals surface area contributed by atoms with E-state index in [4.69, 9.17) is 9.47 Å². The Morgan fingerprint density at radius 1 is 0.392 bits per heavy atom. The van der Waals surface area contributed by atoms with Crippen LogP contribution < -0.4 is 21.3 Å². The molecule has 0 radical (unpaired) electrons. The number of ether oxygens (including phenoxy) is 2. The lowest BCUT2D eigenvalue weighted by Crippen LogP contribution is -2.49. The van der Waals surface area contributed by atoms with Gasteiger partial charge in [-0.25, -0.2) is 0 Å². The van der Waals surface area contributed by atoms with Crippen LogP contribution in [0.3, 0.4) is 0 Å². The molecule has 1 aliphatic heterocycles. The lowest BCUT2D eigenvalue weighted by molar-refractivity contribution is -0.141. The van der Waals surface area contributed by atoms with Crippen LogP contribution in [0.1, 0.15) is 174 Å². The molecule has 10 atom stereocenters. The molecule has 0 aliphatic carbocycles. The first-order chi connectivity index (χ1) is 47.9. The maximum atomic E-state index is 14.3. The van der Waals surface area contributed by atoms with Crippen LogP contribution in [0, 0.1) is 29.6 Å². The van der Waals surface area contributed by atoms with Gasteiger partial charge in [-0.3, -0.25) is 106 Å². The number of carbonyl (C=O) groups is 21. The molecule has 1 saturated heterocycles. The minimum atomic E-state index is -1.99. The molecular weight excluding hydrogens is 1380 g/mol. The molecule has 0 aromatic carbocycles. The van der Waals surface area contributed by atoms with Crippen molar-refractivity contribution in [3.05, 3.63) is 0 Å². The number of hydrogen-bond acceptors (Lipinski definition) is 24. The number of carboxylic acids is 9. The first-order valence-electron chi connectivity index (χ1n) is 32.7. The van der Waals surface area contributed by atoms with Gasteiger partial charge < -0.3 is 76.7 Å². The minimum absolute atomic E-state index is 0.172. The van der Waals surface area contributed by atoms with Gasteiger partial charge in [0.15, 0.2) is 23.1 Å². The van der Waals surface area contributed by atoms with Crippen molar-refractivity contribution in [3.8, 4) is 0 Å². The fourth-order valence-corrected chi connectivity index (χ4v) is 11.6. The summed E-state index contributed by atoms with van der Waals surface area (Å²) in [5.74, 6) is -33.7. The Morgan fingerprint density at radius 3 is 0.990 bits per heavy atom. The van der Waals surface area contributed by atoms with Gasteiger partial charge in [0.25, 0.3) is 0 Å². The van der Waals surface area contributed by atoms with Gasteiger partial charge in [0.1, 0.15) is 11.6 Å². The first-order valence-corrected chi connectivity index (χ1v) is 33.8. The summed E-state index contributed by atoms with van der Waals surface area (Å²) in [6, 6.07) is -7.23. The van der Waals surface area contributed by atoms with E-state index in [1.54, 1.807) is 0 Å². The average molecular weight is 1470 g/mol. The highest BCUT2D eigenvalue weighted by Gasteiger charge is 2.41. The van der Waals surface area contributed by atoms with Gasteiger partial charge in [-0.1, -0.05) is 6.92 Å². The summed E-state index contributed by atoms with van der Waals surface area (Å²) in [5.41, 5.74) is 0. The smallest absolute Gasteiger partial charge is 0.303 e. The molecule has 0 saturated carbocycles. The van der Waals surface area contributed by atoms with Crippen molar-refractivity contribution in [2.75, 3.05) is 39.2 Å². The largest absolute Gasteiger partial charge is 0.481 e. The zero-order chi connectivity index (χ0) is 77.3. The standard InChI is InChI=1S/C64H91N5O32S/c1-3-44(71)40(9-18-56(87)88)65-61(96)36(6-15-53(81)82)30-46(73)42(11-20-58(91)92)67-63(98)38(8-17-55(85)86)32-48(75)43(12-21-59(93)94)68-62(97)37(7-16-54(83)84)31-47(74)41(10-19-57(89)90)66-60(95)35(5-14-52(79)80)29-45(72)34(4-13-51(77)78)28-39(70)22-23-69-50(76)33-49(64(69)99)102-27-26-101-25-24-100-2/h34-38,40-43,49H,3-33H2,1-2H3,(H,65,96)(H,66,95)(H,67,98)(H,68,97)(H,77,78)(H,79,80)(H,81,82)(H,83,84)(H,85,86)(H,87,88)(H,89,90)(H,91,92)(H,93,94)/t34-,35-,36-,37-,38-,40+,41+,42+,43+,49?/m0/s1. The maximum Gasteiger partial charge on any atom is 0.303 e. The molecule has 0 bridgehead atoms. The van der Waals surface area contributed by atoms with Crippen molar-refractivity contribution in [2.45, 2.75) is 203 Å². The van der Waals surface area contributed by atoms with Crippen molar-refractivity contribution in [1.29, 1.82) is 0 Å². The van der Waals surface area contributed by atoms with Crippen LogP contribution in [-0.2, 0) is 110 Å². The fourth-order valence-electron chi connectivity index (χ4n) is 10.6. The van der Waals surface area contributed by atoms with Crippen LogP contribution >= 0.6 is 11.8 Å². The molecule has 1 rings (SSSR count). The predicted molar refractivity (Wildman–Crippen MR) is 345 cm³/mol. The van der Waals surface area contributed by atoms with E-state index in [9.17, 15) is 147 Å². The van der Waals surface area contributed by atoms with Crippen LogP contribution in [0.25, 0.3) is 0 Å². The SMILES string of the molecule is CCC(=O)[C@@H](CCC(=O)O)NC(=O)[C@@H](CCC(=O)O)CC(=O)[C@@H](CCC(=O)O)NC(=O)[C@@H](CCC(=O)O)CC(=O)[C@@H](CCC(=O)O)NC(=O)[C@@H](CCC(=O)O)CC(=O)[C@@H](CCC(=O)O)NC(=O)[C@@H](CCC(=O)O)CC(=O)[C@@H](CCC(=O)O)CC(=O)CCN1C(=O)CC(SCCOCCOC)C1=O. The number of ketones is 6. The number of thioether (sulfide) groups is 1. The first kappa shape index (κ1) is 90.6. The van der Waals surface area contributed by atoms with E-state index < -0.39 is 344 Å². The number of likely N-dealkylation sites (tertiary alicyclic amines) is 1. The Morgan fingerprint density at radius 2 is 0.686 bits per heavy atom. The van der Waals surface area contributed by atoms with Gasteiger partial charge in [-0.2, -0.15) is 0 Å². The van der Waals surface area contributed by atoms with Crippen molar-refractivity contribution >= 4 is 136 Å². The summed E-state index contributed by atoms with van der Waals surface area (Å²) in [4.78, 5) is 272. The number of imide groups is 1. The van der Waals surface area contributed by atoms with Crippen LogP contribution in [0.5, 0.6) is 0 Å². The number of Topliss-reactive ketones (excluding diaryl/α,β-unsaturated/α-hetero) is 6. The third kappa shape index (κ3) is 37.8. The summed E-state index contributed by atoms with van der Waals surface area (Å²) in [5, 5.41) is 94.2. The zero-order valence-electron chi connectivity index (χ0n) is 56.5. The van der Waals surface area contributed by atoms with E-state index in [0.717, 1.165) is 16.7 Å². The number of hydrogen-bond donors (Lipinski definition) is 13. The van der Waals surface area contributed by atoms with Gasteiger partial charge in [0, 0.05) is 158 Å². The van der Waals surface area contributed by atoms with Gasteiger partial charge in [-0.15, -0.1) is 11.8 Å². The average Bonchev–Trinajstić information content (AvgIpc) is 1.76. The second kappa shape index (κ2) is 48.4. The Labute approximate surface area is 588 Å². The van der Waals surface area contributed by atoms with E-state index >= 15 is 0 Å². The van der Waals surface area contributed by atoms with E-state index in [1.807, 2.05) is 0 Å². The summed E-state index contributed by atoms with van der Waals surface area (Å²) < 4.78 is 10.3. The quantitative estimate of drug-likeness (QED) is 0.0291. The van der Waals surface area contributed by atoms with E-state index in [0.29, 0.717) is 19.0 Å². The molecular formula is C64H91N5O32S. The van der Waals surface area contributed by atoms with E-state index in [1.165, 1.54) is 14.0 Å². The monoisotopic (exact) mass is 1470 g/mol. The predicted octanol–water partition coefficient (Wildman–Crippen LogP) is 0.479. The number of carbonyl (C=O) groups excluding carboxylic acids is 12. The maximum absolute atomic E-state index is 14.3. The van der Waals surface area contributed by atoms with Crippen molar-refractivity contribution < 1.29 is 156 Å². The highest BCUT2D eigenvalue weighted by molar-refractivity contribution is 8.00. The summed E-state index contributed by atoms with van der Waals surface area (Å²) in [6.45, 7) is 1.88. The second-order valence-corrected chi connectivity index (χ2v) is 25.5. The number of aliphatic carboxylic acids is 9. The van der Waals surface area contributed by atoms with E-state index in [2.05, 4.69) is 21.3 Å². The lowest BCUT2D eigenvalue weighted by Gasteiger charge is -2.26. The molecule has 102 heavy (non-hydrogen) atoms. The van der Waals surface area contributed by atoms with Crippen LogP contribution in [0.4, 0.5) is 0 Å².